The minimum atomic E-state index is 0.129. The molecule has 0 heterocycles. The Morgan fingerprint density at radius 3 is 2.82 bits per heavy atom. The van der Waals surface area contributed by atoms with E-state index >= 15 is 0 Å². The second-order valence-electron chi connectivity index (χ2n) is 3.95. The average molecular weight is 317 g/mol. The lowest BCUT2D eigenvalue weighted by Crippen LogP contribution is -2.12. The topological polar surface area (TPSA) is 58.6 Å². The molecule has 1 aromatic carbocycles. The standard InChI is InChI=1S/C12H17BrN2OS/c1-3-8(2)7-17-11-5-4-9(6-10(11)13)12(14)15-16/h4-6,8,16H,3,7H2,1-2H3,(H2,14,15). The summed E-state index contributed by atoms with van der Waals surface area (Å²) in [6, 6.07) is 5.72. The monoisotopic (exact) mass is 316 g/mol. The SMILES string of the molecule is CCC(C)CSc1ccc(/C(N)=N/O)cc1Br. The first kappa shape index (κ1) is 14.4. The molecule has 94 valence electrons. The molecule has 0 radical (unpaired) electrons. The van der Waals surface area contributed by atoms with Crippen LogP contribution in [0.2, 0.25) is 0 Å². The predicted octanol–water partition coefficient (Wildman–Crippen LogP) is 3.68. The number of hydrogen-bond donors (Lipinski definition) is 2. The molecule has 0 aliphatic carbocycles. The van der Waals surface area contributed by atoms with Gasteiger partial charge in [-0.15, -0.1) is 11.8 Å². The minimum Gasteiger partial charge on any atom is -0.409 e. The van der Waals surface area contributed by atoms with E-state index in [2.05, 4.69) is 34.9 Å². The maximum atomic E-state index is 8.60. The number of halogens is 1. The van der Waals surface area contributed by atoms with Gasteiger partial charge < -0.3 is 10.9 Å². The molecule has 17 heavy (non-hydrogen) atoms. The average Bonchev–Trinajstić information content (AvgIpc) is 2.35. The molecule has 3 N–H and O–H groups in total. The maximum absolute atomic E-state index is 8.60. The molecule has 1 unspecified atom stereocenters. The van der Waals surface area contributed by atoms with Gasteiger partial charge in [0.05, 0.1) is 0 Å². The molecule has 0 saturated carbocycles. The Morgan fingerprint density at radius 2 is 2.29 bits per heavy atom. The van der Waals surface area contributed by atoms with Gasteiger partial charge in [0.25, 0.3) is 0 Å². The molecular formula is C12H17BrN2OS. The zero-order chi connectivity index (χ0) is 12.8. The highest BCUT2D eigenvalue weighted by atomic mass is 79.9. The lowest BCUT2D eigenvalue weighted by Gasteiger charge is -2.10. The van der Waals surface area contributed by atoms with Crippen LogP contribution in [0.25, 0.3) is 0 Å². The van der Waals surface area contributed by atoms with Crippen LogP contribution in [0.5, 0.6) is 0 Å². The van der Waals surface area contributed by atoms with Crippen molar-refractivity contribution in [2.75, 3.05) is 5.75 Å². The van der Waals surface area contributed by atoms with Crippen molar-refractivity contribution < 1.29 is 5.21 Å². The molecule has 0 amide bonds. The summed E-state index contributed by atoms with van der Waals surface area (Å²) in [6.45, 7) is 4.44. The van der Waals surface area contributed by atoms with Gasteiger partial charge in [0.15, 0.2) is 5.84 Å². The van der Waals surface area contributed by atoms with E-state index in [1.165, 1.54) is 11.3 Å². The first-order valence-corrected chi connectivity index (χ1v) is 7.26. The van der Waals surface area contributed by atoms with Gasteiger partial charge in [-0.2, -0.15) is 0 Å². The molecule has 0 aliphatic rings. The highest BCUT2D eigenvalue weighted by Gasteiger charge is 2.07. The number of oxime groups is 1. The fourth-order valence-electron chi connectivity index (χ4n) is 1.18. The van der Waals surface area contributed by atoms with E-state index in [1.54, 1.807) is 0 Å². The molecule has 3 nitrogen and oxygen atoms in total. The molecule has 1 atom stereocenters. The quantitative estimate of drug-likeness (QED) is 0.286. The van der Waals surface area contributed by atoms with Crippen LogP contribution in [0.4, 0.5) is 0 Å². The number of amidine groups is 1. The zero-order valence-corrected chi connectivity index (χ0v) is 12.4. The predicted molar refractivity (Wildman–Crippen MR) is 76.8 cm³/mol. The Bertz CT molecular complexity index is 409. The smallest absolute Gasteiger partial charge is 0.170 e. The highest BCUT2D eigenvalue weighted by molar-refractivity contribution is 9.10. The van der Waals surface area contributed by atoms with Gasteiger partial charge in [-0.25, -0.2) is 0 Å². The number of nitrogens with zero attached hydrogens (tertiary/aromatic N) is 1. The van der Waals surface area contributed by atoms with E-state index in [0.29, 0.717) is 11.5 Å². The van der Waals surface area contributed by atoms with Gasteiger partial charge in [0.2, 0.25) is 0 Å². The largest absolute Gasteiger partial charge is 0.409 e. The summed E-state index contributed by atoms with van der Waals surface area (Å²) in [7, 11) is 0. The molecule has 0 bridgehead atoms. The Kier molecular flexibility index (Phi) is 5.85. The van der Waals surface area contributed by atoms with Crippen LogP contribution in [0.3, 0.4) is 0 Å². The fourth-order valence-corrected chi connectivity index (χ4v) is 2.97. The second-order valence-corrected chi connectivity index (χ2v) is 5.87. The Labute approximate surface area is 115 Å². The Balaban J connectivity index is 2.76. The van der Waals surface area contributed by atoms with Crippen LogP contribution in [0.1, 0.15) is 25.8 Å². The fraction of sp³-hybridized carbons (Fsp3) is 0.417. The first-order chi connectivity index (χ1) is 8.08. The molecule has 0 saturated heterocycles. The van der Waals surface area contributed by atoms with E-state index in [9.17, 15) is 0 Å². The molecule has 0 aromatic heterocycles. The van der Waals surface area contributed by atoms with Crippen LogP contribution >= 0.6 is 27.7 Å². The zero-order valence-electron chi connectivity index (χ0n) is 9.98. The van der Waals surface area contributed by atoms with E-state index in [1.807, 2.05) is 30.0 Å². The van der Waals surface area contributed by atoms with E-state index in [0.717, 1.165) is 10.2 Å². The van der Waals surface area contributed by atoms with E-state index in [4.69, 9.17) is 10.9 Å². The van der Waals surface area contributed by atoms with Gasteiger partial charge in [0, 0.05) is 20.7 Å². The summed E-state index contributed by atoms with van der Waals surface area (Å²) in [5.74, 6) is 1.93. The van der Waals surface area contributed by atoms with Crippen molar-refractivity contribution in [3.05, 3.63) is 28.2 Å². The Hall–Kier alpha value is -0.680. The van der Waals surface area contributed by atoms with E-state index in [-0.39, 0.29) is 5.84 Å². The summed E-state index contributed by atoms with van der Waals surface area (Å²) in [5, 5.41) is 11.6. The van der Waals surface area contributed by atoms with E-state index < -0.39 is 0 Å². The molecular weight excluding hydrogens is 300 g/mol. The van der Waals surface area contributed by atoms with Gasteiger partial charge in [-0.1, -0.05) is 25.4 Å². The normalized spacial score (nSPS) is 13.7. The van der Waals surface area contributed by atoms with Crippen molar-refractivity contribution in [2.45, 2.75) is 25.2 Å². The summed E-state index contributed by atoms with van der Waals surface area (Å²) in [6.07, 6.45) is 1.19. The lowest BCUT2D eigenvalue weighted by atomic mass is 10.2. The van der Waals surface area contributed by atoms with Gasteiger partial charge >= 0.3 is 0 Å². The van der Waals surface area contributed by atoms with Crippen molar-refractivity contribution in [3.63, 3.8) is 0 Å². The van der Waals surface area contributed by atoms with Crippen LogP contribution in [-0.2, 0) is 0 Å². The van der Waals surface area contributed by atoms with Crippen LogP contribution in [0.15, 0.2) is 32.7 Å². The van der Waals surface area contributed by atoms with Crippen LogP contribution in [-0.4, -0.2) is 16.8 Å². The summed E-state index contributed by atoms with van der Waals surface area (Å²) >= 11 is 5.32. The molecule has 1 aromatic rings. The van der Waals surface area contributed by atoms with Gasteiger partial charge in [0.1, 0.15) is 0 Å². The van der Waals surface area contributed by atoms with Crippen molar-refractivity contribution in [2.24, 2.45) is 16.8 Å². The second kappa shape index (κ2) is 6.91. The Morgan fingerprint density at radius 1 is 1.59 bits per heavy atom. The minimum absolute atomic E-state index is 0.129. The third kappa shape index (κ3) is 4.24. The van der Waals surface area contributed by atoms with Crippen LogP contribution < -0.4 is 5.73 Å². The summed E-state index contributed by atoms with van der Waals surface area (Å²) in [4.78, 5) is 1.18. The van der Waals surface area contributed by atoms with Gasteiger partial charge in [-0.05, 0) is 40.0 Å². The number of nitrogens with two attached hydrogens (primary N) is 1. The van der Waals surface area contributed by atoms with Crippen molar-refractivity contribution in [1.82, 2.24) is 0 Å². The third-order valence-corrected chi connectivity index (χ3v) is 4.88. The molecule has 0 spiro atoms. The highest BCUT2D eigenvalue weighted by Crippen LogP contribution is 2.30. The third-order valence-electron chi connectivity index (χ3n) is 2.56. The molecule has 5 heteroatoms. The van der Waals surface area contributed by atoms with Gasteiger partial charge in [-0.3, -0.25) is 0 Å². The summed E-state index contributed by atoms with van der Waals surface area (Å²) in [5.41, 5.74) is 6.24. The lowest BCUT2D eigenvalue weighted by molar-refractivity contribution is 0.318. The van der Waals surface area contributed by atoms with Crippen molar-refractivity contribution >= 4 is 33.5 Å². The number of rotatable bonds is 5. The maximum Gasteiger partial charge on any atom is 0.170 e. The molecule has 0 aliphatic heterocycles. The number of thioether (sulfide) groups is 1. The van der Waals surface area contributed by atoms with Crippen molar-refractivity contribution in [1.29, 1.82) is 0 Å². The molecule has 0 fully saturated rings. The van der Waals surface area contributed by atoms with Crippen LogP contribution in [0, 0.1) is 5.92 Å². The first-order valence-electron chi connectivity index (χ1n) is 5.48. The number of benzene rings is 1. The number of hydrogen-bond acceptors (Lipinski definition) is 3. The summed E-state index contributed by atoms with van der Waals surface area (Å²) < 4.78 is 0.981. The van der Waals surface area contributed by atoms with Crippen molar-refractivity contribution in [3.8, 4) is 0 Å². The molecule has 1 rings (SSSR count).